The van der Waals surface area contributed by atoms with Crippen molar-refractivity contribution in [3.8, 4) is 0 Å². The average molecular weight is 126 g/mol. The highest BCUT2D eigenvalue weighted by Gasteiger charge is 2.37. The molecule has 0 amide bonds. The van der Waals surface area contributed by atoms with Crippen molar-refractivity contribution in [1.82, 2.24) is 0 Å². The molecule has 1 fully saturated rings. The SMILES string of the molecule is C=CC1(C(C)O)CCC1. The second-order valence-corrected chi connectivity index (χ2v) is 2.97. The van der Waals surface area contributed by atoms with Gasteiger partial charge < -0.3 is 5.11 Å². The van der Waals surface area contributed by atoms with E-state index in [1.807, 2.05) is 13.0 Å². The summed E-state index contributed by atoms with van der Waals surface area (Å²) < 4.78 is 0. The summed E-state index contributed by atoms with van der Waals surface area (Å²) in [7, 11) is 0. The highest BCUT2D eigenvalue weighted by atomic mass is 16.3. The Labute approximate surface area is 56.4 Å². The van der Waals surface area contributed by atoms with Crippen molar-refractivity contribution in [2.24, 2.45) is 5.41 Å². The lowest BCUT2D eigenvalue weighted by Crippen LogP contribution is -2.37. The topological polar surface area (TPSA) is 20.2 Å². The lowest BCUT2D eigenvalue weighted by molar-refractivity contribution is 0.0172. The van der Waals surface area contributed by atoms with Crippen molar-refractivity contribution < 1.29 is 5.11 Å². The van der Waals surface area contributed by atoms with Crippen molar-refractivity contribution >= 4 is 0 Å². The van der Waals surface area contributed by atoms with Crippen LogP contribution in [-0.4, -0.2) is 11.2 Å². The van der Waals surface area contributed by atoms with Gasteiger partial charge in [0.1, 0.15) is 0 Å². The molecule has 0 radical (unpaired) electrons. The molecule has 1 saturated carbocycles. The number of rotatable bonds is 2. The Balaban J connectivity index is 2.56. The Hall–Kier alpha value is -0.300. The van der Waals surface area contributed by atoms with Gasteiger partial charge in [0.25, 0.3) is 0 Å². The fraction of sp³-hybridized carbons (Fsp3) is 0.750. The lowest BCUT2D eigenvalue weighted by atomic mass is 9.66. The minimum absolute atomic E-state index is 0.0833. The van der Waals surface area contributed by atoms with Gasteiger partial charge in [0.2, 0.25) is 0 Å². The summed E-state index contributed by atoms with van der Waals surface area (Å²) in [4.78, 5) is 0. The predicted molar refractivity (Wildman–Crippen MR) is 38.2 cm³/mol. The molecule has 0 aliphatic heterocycles. The zero-order valence-electron chi connectivity index (χ0n) is 5.93. The molecule has 0 aromatic heterocycles. The Kier molecular flexibility index (Phi) is 1.62. The second kappa shape index (κ2) is 2.14. The van der Waals surface area contributed by atoms with Crippen LogP contribution in [0.5, 0.6) is 0 Å². The van der Waals surface area contributed by atoms with E-state index in [9.17, 15) is 5.11 Å². The number of aliphatic hydroxyl groups excluding tert-OH is 1. The molecular formula is C8H14O. The van der Waals surface area contributed by atoms with Crippen LogP contribution in [0.25, 0.3) is 0 Å². The van der Waals surface area contributed by atoms with Crippen LogP contribution in [0.4, 0.5) is 0 Å². The maximum absolute atomic E-state index is 9.25. The first kappa shape index (κ1) is 6.81. The Morgan fingerprint density at radius 3 is 2.22 bits per heavy atom. The van der Waals surface area contributed by atoms with E-state index in [0.29, 0.717) is 0 Å². The summed E-state index contributed by atoms with van der Waals surface area (Å²) >= 11 is 0. The van der Waals surface area contributed by atoms with E-state index in [1.165, 1.54) is 6.42 Å². The summed E-state index contributed by atoms with van der Waals surface area (Å²) in [6.45, 7) is 5.56. The molecule has 1 heteroatoms. The third kappa shape index (κ3) is 0.897. The maximum atomic E-state index is 9.25. The van der Waals surface area contributed by atoms with Gasteiger partial charge in [-0.3, -0.25) is 0 Å². The van der Waals surface area contributed by atoms with Gasteiger partial charge in [-0.05, 0) is 19.8 Å². The molecule has 1 unspecified atom stereocenters. The predicted octanol–water partition coefficient (Wildman–Crippen LogP) is 1.72. The van der Waals surface area contributed by atoms with Gasteiger partial charge in [-0.2, -0.15) is 0 Å². The highest BCUT2D eigenvalue weighted by Crippen LogP contribution is 2.44. The number of hydrogen-bond acceptors (Lipinski definition) is 1. The van der Waals surface area contributed by atoms with Crippen LogP contribution >= 0.6 is 0 Å². The molecule has 0 aromatic carbocycles. The molecule has 0 bridgehead atoms. The molecule has 1 N–H and O–H groups in total. The van der Waals surface area contributed by atoms with Gasteiger partial charge >= 0.3 is 0 Å². The van der Waals surface area contributed by atoms with E-state index in [-0.39, 0.29) is 11.5 Å². The molecule has 0 aromatic rings. The fourth-order valence-electron chi connectivity index (χ4n) is 1.38. The van der Waals surface area contributed by atoms with E-state index in [0.717, 1.165) is 12.8 Å². The molecule has 0 saturated heterocycles. The Morgan fingerprint density at radius 1 is 1.67 bits per heavy atom. The standard InChI is InChI=1S/C8H14O/c1-3-8(7(2)9)5-4-6-8/h3,7,9H,1,4-6H2,2H3. The van der Waals surface area contributed by atoms with Crippen LogP contribution in [0.15, 0.2) is 12.7 Å². The van der Waals surface area contributed by atoms with Gasteiger partial charge in [0.15, 0.2) is 0 Å². The first-order valence-corrected chi connectivity index (χ1v) is 3.53. The molecule has 0 heterocycles. The third-order valence-corrected chi connectivity index (χ3v) is 2.52. The molecule has 1 aliphatic rings. The molecule has 0 spiro atoms. The van der Waals surface area contributed by atoms with Crippen molar-refractivity contribution in [3.63, 3.8) is 0 Å². The lowest BCUT2D eigenvalue weighted by Gasteiger charge is -2.41. The van der Waals surface area contributed by atoms with Crippen molar-refractivity contribution in [2.45, 2.75) is 32.3 Å². The zero-order valence-corrected chi connectivity index (χ0v) is 5.93. The quantitative estimate of drug-likeness (QED) is 0.558. The summed E-state index contributed by atoms with van der Waals surface area (Å²) in [5.74, 6) is 0. The normalized spacial score (nSPS) is 26.4. The van der Waals surface area contributed by atoms with E-state index < -0.39 is 0 Å². The first-order chi connectivity index (χ1) is 4.21. The monoisotopic (exact) mass is 126 g/mol. The van der Waals surface area contributed by atoms with Gasteiger partial charge in [-0.25, -0.2) is 0 Å². The number of aliphatic hydroxyl groups is 1. The largest absolute Gasteiger partial charge is 0.393 e. The van der Waals surface area contributed by atoms with Crippen LogP contribution < -0.4 is 0 Å². The summed E-state index contributed by atoms with van der Waals surface area (Å²) in [6, 6.07) is 0. The van der Waals surface area contributed by atoms with Gasteiger partial charge in [-0.1, -0.05) is 12.5 Å². The Bertz CT molecular complexity index is 112. The summed E-state index contributed by atoms with van der Waals surface area (Å²) in [5.41, 5.74) is 0.0833. The van der Waals surface area contributed by atoms with Crippen LogP contribution in [-0.2, 0) is 0 Å². The summed E-state index contributed by atoms with van der Waals surface area (Å²) in [5, 5.41) is 9.25. The maximum Gasteiger partial charge on any atom is 0.0602 e. The van der Waals surface area contributed by atoms with Gasteiger partial charge in [0, 0.05) is 5.41 Å². The van der Waals surface area contributed by atoms with Crippen LogP contribution in [0.2, 0.25) is 0 Å². The molecule has 1 atom stereocenters. The molecule has 52 valence electrons. The second-order valence-electron chi connectivity index (χ2n) is 2.97. The minimum Gasteiger partial charge on any atom is -0.393 e. The Morgan fingerprint density at radius 2 is 2.22 bits per heavy atom. The van der Waals surface area contributed by atoms with Crippen LogP contribution in [0.3, 0.4) is 0 Å². The van der Waals surface area contributed by atoms with E-state index >= 15 is 0 Å². The molecule has 1 aliphatic carbocycles. The molecule has 9 heavy (non-hydrogen) atoms. The first-order valence-electron chi connectivity index (χ1n) is 3.53. The van der Waals surface area contributed by atoms with Gasteiger partial charge in [-0.15, -0.1) is 6.58 Å². The molecule has 1 rings (SSSR count). The minimum atomic E-state index is -0.205. The molecular weight excluding hydrogens is 112 g/mol. The third-order valence-electron chi connectivity index (χ3n) is 2.52. The average Bonchev–Trinajstić information content (AvgIpc) is 1.62. The van der Waals surface area contributed by atoms with Crippen LogP contribution in [0, 0.1) is 5.41 Å². The smallest absolute Gasteiger partial charge is 0.0602 e. The van der Waals surface area contributed by atoms with Crippen molar-refractivity contribution in [1.29, 1.82) is 0 Å². The zero-order chi connectivity index (χ0) is 6.91. The van der Waals surface area contributed by atoms with E-state index in [2.05, 4.69) is 6.58 Å². The fourth-order valence-corrected chi connectivity index (χ4v) is 1.38. The highest BCUT2D eigenvalue weighted by molar-refractivity contribution is 5.03. The number of hydrogen-bond donors (Lipinski definition) is 1. The molecule has 1 nitrogen and oxygen atoms in total. The summed E-state index contributed by atoms with van der Waals surface area (Å²) in [6.07, 6.45) is 5.18. The van der Waals surface area contributed by atoms with Crippen LogP contribution in [0.1, 0.15) is 26.2 Å². The van der Waals surface area contributed by atoms with E-state index in [4.69, 9.17) is 0 Å². The van der Waals surface area contributed by atoms with E-state index in [1.54, 1.807) is 0 Å². The van der Waals surface area contributed by atoms with Gasteiger partial charge in [0.05, 0.1) is 6.10 Å². The van der Waals surface area contributed by atoms with Crippen molar-refractivity contribution in [3.05, 3.63) is 12.7 Å². The van der Waals surface area contributed by atoms with Crippen molar-refractivity contribution in [2.75, 3.05) is 0 Å².